The Balaban J connectivity index is 0.770. The third-order valence-electron chi connectivity index (χ3n) is 13.6. The van der Waals surface area contributed by atoms with E-state index in [4.69, 9.17) is 0 Å². The van der Waals surface area contributed by atoms with Crippen LogP contribution in [0, 0.1) is 18.2 Å². The third kappa shape index (κ3) is 8.24. The highest BCUT2D eigenvalue weighted by Gasteiger charge is 2.43. The number of aryl methyl sites for hydroxylation is 1. The Morgan fingerprint density at radius 3 is 2.38 bits per heavy atom. The molecule has 6 heterocycles. The van der Waals surface area contributed by atoms with Crippen LogP contribution in [0.25, 0.3) is 16.7 Å². The molecule has 2 unspecified atom stereocenters. The number of carbonyl (C=O) groups is 4. The summed E-state index contributed by atoms with van der Waals surface area (Å²) in [6, 6.07) is 13.8. The summed E-state index contributed by atoms with van der Waals surface area (Å²) in [6.07, 6.45) is 4.36. The summed E-state index contributed by atoms with van der Waals surface area (Å²) in [5.74, 6) is -3.03. The highest BCUT2D eigenvalue weighted by atomic mass is 32.2. The highest BCUT2D eigenvalue weighted by Crippen LogP contribution is 2.43. The summed E-state index contributed by atoms with van der Waals surface area (Å²) >= 11 is 0. The summed E-state index contributed by atoms with van der Waals surface area (Å²) in [5.41, 5.74) is 3.38. The molecule has 4 N–H and O–H groups in total. The minimum atomic E-state index is -3.81. The standard InChI is InChI=1S/C46H52F2N10O6S/c1-27(2)58-28(3)51-42-34(47)22-29(23-38(42)58)41-35(48)24-50-45(4,54-41)53-30-8-10-31(11-9-30)65(63,64)56-20-16-46(17-21-56)14-18-55(19-15-46)40(60)25-49-36-7-5-6-32-33(36)26-57(44(32)62)37-12-13-39(59)52-43(37)61/h5-11,22-24,27,37,49,53-54H,12-21,25-26H2,1-4H3,(H,52,59,61). The van der Waals surface area contributed by atoms with Crippen LogP contribution in [0.2, 0.25) is 0 Å². The molecule has 342 valence electrons. The second kappa shape index (κ2) is 16.7. The van der Waals surface area contributed by atoms with Crippen molar-refractivity contribution < 1.29 is 36.4 Å². The number of anilines is 2. The minimum Gasteiger partial charge on any atom is -0.376 e. The van der Waals surface area contributed by atoms with Gasteiger partial charge in [0.1, 0.15) is 17.4 Å². The van der Waals surface area contributed by atoms with Crippen LogP contribution >= 0.6 is 0 Å². The molecule has 0 aliphatic carbocycles. The molecule has 4 aromatic rings. The summed E-state index contributed by atoms with van der Waals surface area (Å²) < 4.78 is 61.8. The topological polar surface area (TPSA) is 190 Å². The first-order valence-corrected chi connectivity index (χ1v) is 23.5. The number of fused-ring (bicyclic) bond motifs is 2. The number of allylic oxidation sites excluding steroid dienone is 1. The van der Waals surface area contributed by atoms with Crippen LogP contribution in [0.1, 0.15) is 92.6 Å². The zero-order valence-corrected chi connectivity index (χ0v) is 37.5. The van der Waals surface area contributed by atoms with Crippen molar-refractivity contribution in [3.05, 3.63) is 88.8 Å². The van der Waals surface area contributed by atoms with E-state index >= 15 is 8.78 Å². The predicted octanol–water partition coefficient (Wildman–Crippen LogP) is 5.43. The highest BCUT2D eigenvalue weighted by molar-refractivity contribution is 7.89. The quantitative estimate of drug-likeness (QED) is 0.149. The lowest BCUT2D eigenvalue weighted by Gasteiger charge is -2.46. The third-order valence-corrected chi connectivity index (χ3v) is 15.5. The molecule has 5 aliphatic heterocycles. The van der Waals surface area contributed by atoms with E-state index in [1.165, 1.54) is 27.4 Å². The summed E-state index contributed by atoms with van der Waals surface area (Å²) in [7, 11) is -3.81. The number of likely N-dealkylation sites (tertiary alicyclic amines) is 1. The number of rotatable bonds is 10. The number of piperidine rings is 3. The second-order valence-electron chi connectivity index (χ2n) is 18.1. The predicted molar refractivity (Wildman–Crippen MR) is 240 cm³/mol. The molecule has 3 fully saturated rings. The van der Waals surface area contributed by atoms with Crippen LogP contribution in [0.15, 0.2) is 70.3 Å². The lowest BCUT2D eigenvalue weighted by molar-refractivity contribution is -0.137. The number of carbonyl (C=O) groups excluding carboxylic acids is 4. The number of imidazole rings is 1. The molecule has 16 nitrogen and oxygen atoms in total. The Labute approximate surface area is 375 Å². The first-order valence-electron chi connectivity index (χ1n) is 22.0. The van der Waals surface area contributed by atoms with Crippen molar-refractivity contribution in [2.75, 3.05) is 43.4 Å². The number of aromatic nitrogens is 2. The smallest absolute Gasteiger partial charge is 0.255 e. The summed E-state index contributed by atoms with van der Waals surface area (Å²) in [4.78, 5) is 63.0. The summed E-state index contributed by atoms with van der Waals surface area (Å²) in [6.45, 7) is 9.46. The van der Waals surface area contributed by atoms with Gasteiger partial charge in [0.05, 0.1) is 28.9 Å². The van der Waals surface area contributed by atoms with Gasteiger partial charge < -0.3 is 30.3 Å². The first-order chi connectivity index (χ1) is 30.9. The maximum atomic E-state index is 15.3. The van der Waals surface area contributed by atoms with Crippen molar-refractivity contribution in [1.29, 1.82) is 0 Å². The number of aliphatic imine (C=N–C) groups is 1. The van der Waals surface area contributed by atoms with E-state index in [1.54, 1.807) is 44.2 Å². The molecule has 2 atom stereocenters. The molecule has 19 heteroatoms. The van der Waals surface area contributed by atoms with E-state index in [9.17, 15) is 27.6 Å². The fraction of sp³-hybridized carbons (Fsp3) is 0.435. The zero-order valence-electron chi connectivity index (χ0n) is 36.7. The normalized spacial score (nSPS) is 22.4. The molecule has 0 bridgehead atoms. The Morgan fingerprint density at radius 1 is 0.985 bits per heavy atom. The van der Waals surface area contributed by atoms with E-state index in [1.807, 2.05) is 29.4 Å². The Kier molecular flexibility index (Phi) is 11.3. The van der Waals surface area contributed by atoms with Crippen molar-refractivity contribution in [2.45, 2.75) is 95.5 Å². The van der Waals surface area contributed by atoms with Crippen LogP contribution in [0.5, 0.6) is 0 Å². The van der Waals surface area contributed by atoms with Crippen molar-refractivity contribution in [3.63, 3.8) is 0 Å². The number of amides is 4. The molecule has 5 aliphatic rings. The van der Waals surface area contributed by atoms with E-state index in [0.717, 1.165) is 19.1 Å². The number of hydrogen-bond acceptors (Lipinski definition) is 11. The average Bonchev–Trinajstić information content (AvgIpc) is 3.80. The number of hydrogen-bond donors (Lipinski definition) is 4. The van der Waals surface area contributed by atoms with Gasteiger partial charge in [0.2, 0.25) is 33.5 Å². The number of sulfonamides is 1. The Hall–Kier alpha value is -6.21. The first kappa shape index (κ1) is 44.0. The van der Waals surface area contributed by atoms with E-state index in [0.29, 0.717) is 78.4 Å². The van der Waals surface area contributed by atoms with Crippen LogP contribution in [0.4, 0.5) is 20.2 Å². The van der Waals surface area contributed by atoms with E-state index < -0.39 is 39.4 Å². The molecular weight excluding hydrogens is 859 g/mol. The van der Waals surface area contributed by atoms with Gasteiger partial charge in [-0.3, -0.25) is 24.5 Å². The van der Waals surface area contributed by atoms with Crippen molar-refractivity contribution >= 4 is 68.0 Å². The SMILES string of the molecule is Cc1nc2c(F)cc(C3=C(F)C=NC(C)(Nc4ccc(S(=O)(=O)N5CCC6(CCN(C(=O)CNc7cccc8c7CN(C7CCC(=O)NC7=O)C8=O)CC6)CC5)cc4)N3)cc2n1C(C)C. The van der Waals surface area contributed by atoms with Crippen molar-refractivity contribution in [3.8, 4) is 0 Å². The fourth-order valence-electron chi connectivity index (χ4n) is 10.0. The monoisotopic (exact) mass is 910 g/mol. The number of halogens is 2. The largest absolute Gasteiger partial charge is 0.376 e. The van der Waals surface area contributed by atoms with Gasteiger partial charge in [-0.15, -0.1) is 0 Å². The molecule has 0 saturated carbocycles. The molecule has 3 aromatic carbocycles. The molecular formula is C46H52F2N10O6S. The lowest BCUT2D eigenvalue weighted by Crippen LogP contribution is -2.52. The van der Waals surface area contributed by atoms with Crippen LogP contribution in [-0.2, 0) is 31.0 Å². The van der Waals surface area contributed by atoms with Crippen molar-refractivity contribution in [2.24, 2.45) is 10.4 Å². The lowest BCUT2D eigenvalue weighted by atomic mass is 9.71. The molecule has 9 rings (SSSR count). The fourth-order valence-corrected chi connectivity index (χ4v) is 11.5. The van der Waals surface area contributed by atoms with Gasteiger partial charge in [-0.25, -0.2) is 27.2 Å². The van der Waals surface area contributed by atoms with Gasteiger partial charge in [-0.2, -0.15) is 4.31 Å². The molecule has 65 heavy (non-hydrogen) atoms. The molecule has 4 amide bonds. The van der Waals surface area contributed by atoms with Crippen LogP contribution < -0.4 is 21.3 Å². The van der Waals surface area contributed by atoms with Gasteiger partial charge in [-0.1, -0.05) is 6.07 Å². The average molecular weight is 911 g/mol. The second-order valence-corrected chi connectivity index (χ2v) is 20.1. The molecule has 3 saturated heterocycles. The van der Waals surface area contributed by atoms with Gasteiger partial charge >= 0.3 is 0 Å². The Bertz CT molecular complexity index is 2790. The minimum absolute atomic E-state index is 0.00235. The van der Waals surface area contributed by atoms with Gasteiger partial charge in [0.15, 0.2) is 11.6 Å². The Morgan fingerprint density at radius 2 is 1.69 bits per heavy atom. The number of nitrogens with one attached hydrogen (secondary N) is 4. The van der Waals surface area contributed by atoms with Gasteiger partial charge in [0, 0.05) is 73.3 Å². The number of imide groups is 1. The maximum absolute atomic E-state index is 15.3. The molecule has 1 aromatic heterocycles. The molecule has 0 radical (unpaired) electrons. The zero-order chi connectivity index (χ0) is 46.0. The van der Waals surface area contributed by atoms with E-state index in [2.05, 4.69) is 31.2 Å². The summed E-state index contributed by atoms with van der Waals surface area (Å²) in [5, 5.41) is 11.8. The number of nitrogens with zero attached hydrogens (tertiary/aromatic N) is 6. The maximum Gasteiger partial charge on any atom is 0.255 e. The number of benzene rings is 3. The molecule has 1 spiro atoms. The van der Waals surface area contributed by atoms with Crippen molar-refractivity contribution in [1.82, 2.24) is 34.3 Å². The van der Waals surface area contributed by atoms with Gasteiger partial charge in [-0.05, 0) is 114 Å². The van der Waals surface area contributed by atoms with Crippen LogP contribution in [0.3, 0.4) is 0 Å². The van der Waals surface area contributed by atoms with E-state index in [-0.39, 0.29) is 71.2 Å². The van der Waals surface area contributed by atoms with Gasteiger partial charge in [0.25, 0.3) is 5.91 Å². The van der Waals surface area contributed by atoms with Crippen LogP contribution in [-0.4, -0.2) is 106 Å².